The summed E-state index contributed by atoms with van der Waals surface area (Å²) in [5.74, 6) is 1.48. The monoisotopic (exact) mass is 254 g/mol. The van der Waals surface area contributed by atoms with Crippen molar-refractivity contribution < 1.29 is 0 Å². The van der Waals surface area contributed by atoms with E-state index in [0.29, 0.717) is 11.7 Å². The van der Waals surface area contributed by atoms with Gasteiger partial charge in [-0.2, -0.15) is 0 Å². The SMILES string of the molecule is CCc1nc(Cl)cc(NCc2cscn2)n1. The lowest BCUT2D eigenvalue weighted by molar-refractivity contribution is 0.929. The van der Waals surface area contributed by atoms with Crippen molar-refractivity contribution in [2.75, 3.05) is 5.32 Å². The van der Waals surface area contributed by atoms with E-state index in [0.717, 1.165) is 23.8 Å². The summed E-state index contributed by atoms with van der Waals surface area (Å²) in [6, 6.07) is 1.72. The highest BCUT2D eigenvalue weighted by molar-refractivity contribution is 7.07. The first kappa shape index (κ1) is 11.3. The molecule has 2 rings (SSSR count). The highest BCUT2D eigenvalue weighted by atomic mass is 35.5. The molecular weight excluding hydrogens is 244 g/mol. The van der Waals surface area contributed by atoms with Gasteiger partial charge in [-0.3, -0.25) is 0 Å². The summed E-state index contributed by atoms with van der Waals surface area (Å²) >= 11 is 7.46. The van der Waals surface area contributed by atoms with Gasteiger partial charge in [0.25, 0.3) is 0 Å². The molecule has 0 aliphatic carbocycles. The number of anilines is 1. The molecule has 2 aromatic heterocycles. The van der Waals surface area contributed by atoms with Crippen LogP contribution in [0, 0.1) is 0 Å². The Morgan fingerprint density at radius 2 is 2.31 bits per heavy atom. The Labute approximate surface area is 103 Å². The summed E-state index contributed by atoms with van der Waals surface area (Å²) in [6.45, 7) is 2.65. The smallest absolute Gasteiger partial charge is 0.134 e. The number of aryl methyl sites for hydroxylation is 1. The minimum Gasteiger partial charge on any atom is -0.364 e. The average Bonchev–Trinajstić information content (AvgIpc) is 2.78. The van der Waals surface area contributed by atoms with E-state index in [1.807, 2.05) is 12.3 Å². The van der Waals surface area contributed by atoms with Crippen LogP contribution < -0.4 is 5.32 Å². The molecule has 16 heavy (non-hydrogen) atoms. The number of hydrogen-bond acceptors (Lipinski definition) is 5. The first-order valence-corrected chi connectivity index (χ1v) is 6.24. The molecule has 2 aromatic rings. The molecule has 4 nitrogen and oxygen atoms in total. The molecular formula is C10H11ClN4S. The van der Waals surface area contributed by atoms with Gasteiger partial charge in [0.15, 0.2) is 0 Å². The zero-order valence-corrected chi connectivity index (χ0v) is 10.3. The molecule has 0 spiro atoms. The molecule has 0 atom stereocenters. The number of thiazole rings is 1. The van der Waals surface area contributed by atoms with E-state index in [1.165, 1.54) is 0 Å². The maximum atomic E-state index is 5.88. The van der Waals surface area contributed by atoms with Gasteiger partial charge in [-0.15, -0.1) is 11.3 Å². The summed E-state index contributed by atoms with van der Waals surface area (Å²) < 4.78 is 0. The van der Waals surface area contributed by atoms with Gasteiger partial charge in [0.05, 0.1) is 17.7 Å². The molecule has 2 heterocycles. The normalized spacial score (nSPS) is 10.4. The maximum Gasteiger partial charge on any atom is 0.134 e. The van der Waals surface area contributed by atoms with E-state index in [2.05, 4.69) is 20.3 Å². The van der Waals surface area contributed by atoms with E-state index in [1.54, 1.807) is 22.9 Å². The minimum absolute atomic E-state index is 0.465. The fraction of sp³-hybridized carbons (Fsp3) is 0.300. The van der Waals surface area contributed by atoms with Crippen LogP contribution in [0.1, 0.15) is 18.4 Å². The zero-order valence-electron chi connectivity index (χ0n) is 8.77. The standard InChI is InChI=1S/C10H11ClN4S/c1-2-9-14-8(11)3-10(15-9)12-4-7-5-16-6-13-7/h3,5-6H,2,4H2,1H3,(H,12,14,15). The van der Waals surface area contributed by atoms with Crippen LogP contribution in [0.5, 0.6) is 0 Å². The van der Waals surface area contributed by atoms with Crippen molar-refractivity contribution in [1.82, 2.24) is 15.0 Å². The van der Waals surface area contributed by atoms with Crippen LogP contribution in [0.4, 0.5) is 5.82 Å². The predicted octanol–water partition coefficient (Wildman–Crippen LogP) is 2.76. The molecule has 0 amide bonds. The summed E-state index contributed by atoms with van der Waals surface area (Å²) in [6.07, 6.45) is 0.770. The molecule has 6 heteroatoms. The number of halogens is 1. The third-order valence-corrected chi connectivity index (χ3v) is 2.82. The van der Waals surface area contributed by atoms with Crippen LogP contribution >= 0.6 is 22.9 Å². The van der Waals surface area contributed by atoms with Gasteiger partial charge in [-0.1, -0.05) is 18.5 Å². The van der Waals surface area contributed by atoms with Gasteiger partial charge in [-0.05, 0) is 0 Å². The van der Waals surface area contributed by atoms with Crippen LogP contribution in [0.3, 0.4) is 0 Å². The van der Waals surface area contributed by atoms with Crippen LogP contribution in [0.2, 0.25) is 5.15 Å². The average molecular weight is 255 g/mol. The molecule has 84 valence electrons. The predicted molar refractivity (Wildman–Crippen MR) is 65.9 cm³/mol. The molecule has 0 bridgehead atoms. The molecule has 0 aliphatic rings. The number of rotatable bonds is 4. The fourth-order valence-corrected chi connectivity index (χ4v) is 1.98. The fourth-order valence-electron chi connectivity index (χ4n) is 1.22. The van der Waals surface area contributed by atoms with E-state index < -0.39 is 0 Å². The number of aromatic nitrogens is 3. The zero-order chi connectivity index (χ0) is 11.4. The Morgan fingerprint density at radius 3 is 3.00 bits per heavy atom. The van der Waals surface area contributed by atoms with Crippen LogP contribution in [0.25, 0.3) is 0 Å². The van der Waals surface area contributed by atoms with Gasteiger partial charge >= 0.3 is 0 Å². The highest BCUT2D eigenvalue weighted by Crippen LogP contribution is 2.13. The van der Waals surface area contributed by atoms with E-state index in [4.69, 9.17) is 11.6 Å². The molecule has 0 saturated heterocycles. The van der Waals surface area contributed by atoms with Crippen LogP contribution in [-0.4, -0.2) is 15.0 Å². The number of hydrogen-bond donors (Lipinski definition) is 1. The summed E-state index contributed by atoms with van der Waals surface area (Å²) in [4.78, 5) is 12.6. The lowest BCUT2D eigenvalue weighted by Gasteiger charge is -2.05. The lowest BCUT2D eigenvalue weighted by Crippen LogP contribution is -2.04. The second-order valence-electron chi connectivity index (χ2n) is 3.18. The summed E-state index contributed by atoms with van der Waals surface area (Å²) in [7, 11) is 0. The Bertz CT molecular complexity index is 458. The first-order valence-electron chi connectivity index (χ1n) is 4.92. The Hall–Kier alpha value is -1.20. The van der Waals surface area contributed by atoms with Crippen LogP contribution in [0.15, 0.2) is 17.0 Å². The molecule has 1 N–H and O–H groups in total. The van der Waals surface area contributed by atoms with Crippen molar-refractivity contribution in [3.63, 3.8) is 0 Å². The van der Waals surface area contributed by atoms with Crippen LogP contribution in [-0.2, 0) is 13.0 Å². The quantitative estimate of drug-likeness (QED) is 0.853. The molecule has 0 fully saturated rings. The Morgan fingerprint density at radius 1 is 1.44 bits per heavy atom. The van der Waals surface area contributed by atoms with Crippen molar-refractivity contribution in [2.24, 2.45) is 0 Å². The van der Waals surface area contributed by atoms with Crippen molar-refractivity contribution >= 4 is 28.8 Å². The number of nitrogens with zero attached hydrogens (tertiary/aromatic N) is 3. The highest BCUT2D eigenvalue weighted by Gasteiger charge is 2.02. The summed E-state index contributed by atoms with van der Waals surface area (Å²) in [5.41, 5.74) is 2.80. The maximum absolute atomic E-state index is 5.88. The molecule has 0 saturated carbocycles. The minimum atomic E-state index is 0.465. The topological polar surface area (TPSA) is 50.7 Å². The van der Waals surface area contributed by atoms with E-state index in [9.17, 15) is 0 Å². The molecule has 0 aliphatic heterocycles. The first-order chi connectivity index (χ1) is 7.78. The number of nitrogens with one attached hydrogen (secondary N) is 1. The second kappa shape index (κ2) is 5.23. The van der Waals surface area contributed by atoms with Gasteiger partial charge in [-0.25, -0.2) is 15.0 Å². The van der Waals surface area contributed by atoms with E-state index in [-0.39, 0.29) is 0 Å². The summed E-state index contributed by atoms with van der Waals surface area (Å²) in [5, 5.41) is 5.63. The molecule has 0 radical (unpaired) electrons. The largest absolute Gasteiger partial charge is 0.364 e. The molecule has 0 aromatic carbocycles. The van der Waals surface area contributed by atoms with E-state index >= 15 is 0 Å². The van der Waals surface area contributed by atoms with Gasteiger partial charge in [0.1, 0.15) is 16.8 Å². The third-order valence-electron chi connectivity index (χ3n) is 1.99. The lowest BCUT2D eigenvalue weighted by atomic mass is 10.4. The second-order valence-corrected chi connectivity index (χ2v) is 4.28. The Balaban J connectivity index is 2.06. The van der Waals surface area contributed by atoms with Crippen molar-refractivity contribution in [1.29, 1.82) is 0 Å². The van der Waals surface area contributed by atoms with Crippen molar-refractivity contribution in [3.05, 3.63) is 33.6 Å². The Kier molecular flexibility index (Phi) is 3.69. The van der Waals surface area contributed by atoms with Crippen molar-refractivity contribution in [2.45, 2.75) is 19.9 Å². The van der Waals surface area contributed by atoms with Gasteiger partial charge in [0, 0.05) is 17.9 Å². The third kappa shape index (κ3) is 2.90. The van der Waals surface area contributed by atoms with Gasteiger partial charge in [0.2, 0.25) is 0 Å². The van der Waals surface area contributed by atoms with Crippen molar-refractivity contribution in [3.8, 4) is 0 Å². The van der Waals surface area contributed by atoms with Gasteiger partial charge < -0.3 is 5.32 Å². The molecule has 0 unspecified atom stereocenters.